The maximum Gasteiger partial charge on any atom is 0.263 e. The summed E-state index contributed by atoms with van der Waals surface area (Å²) in [5, 5.41) is 15.6. The van der Waals surface area contributed by atoms with Crippen molar-refractivity contribution in [1.29, 1.82) is 0 Å². The molecule has 2 aromatic carbocycles. The lowest BCUT2D eigenvalue weighted by Gasteiger charge is -1.98. The van der Waals surface area contributed by atoms with Gasteiger partial charge in [-0.25, -0.2) is 9.82 Å². The van der Waals surface area contributed by atoms with Gasteiger partial charge >= 0.3 is 0 Å². The molecule has 8 heteroatoms. The normalized spacial score (nSPS) is 10.9. The van der Waals surface area contributed by atoms with Crippen LogP contribution in [-0.2, 0) is 11.3 Å². The number of rotatable bonds is 5. The Hall–Kier alpha value is -3.42. The molecule has 7 nitrogen and oxygen atoms in total. The summed E-state index contributed by atoms with van der Waals surface area (Å²) in [6.07, 6.45) is 1.35. The van der Waals surface area contributed by atoms with Gasteiger partial charge in [-0.05, 0) is 22.9 Å². The average molecular weight is 324 g/mol. The molecule has 0 fully saturated rings. The number of tetrazole rings is 1. The summed E-state index contributed by atoms with van der Waals surface area (Å²) in [5.41, 5.74) is 3.68. The highest BCUT2D eigenvalue weighted by Crippen LogP contribution is 2.11. The van der Waals surface area contributed by atoms with E-state index in [4.69, 9.17) is 0 Å². The number of carbonyl (C=O) groups excluding carboxylic acids is 1. The van der Waals surface area contributed by atoms with Crippen LogP contribution in [0.25, 0.3) is 11.4 Å². The van der Waals surface area contributed by atoms with Gasteiger partial charge in [0.2, 0.25) is 5.82 Å². The van der Waals surface area contributed by atoms with Crippen molar-refractivity contribution in [3.05, 3.63) is 66.0 Å². The van der Waals surface area contributed by atoms with Crippen LogP contribution in [0.5, 0.6) is 0 Å². The molecule has 1 amide bonds. The molecule has 3 rings (SSSR count). The molecule has 0 aliphatic rings. The third-order valence-electron chi connectivity index (χ3n) is 3.02. The Balaban J connectivity index is 1.57. The minimum absolute atomic E-state index is 0.125. The van der Waals surface area contributed by atoms with Crippen molar-refractivity contribution in [3.63, 3.8) is 0 Å². The lowest BCUT2D eigenvalue weighted by Crippen LogP contribution is -2.24. The Labute approximate surface area is 136 Å². The molecular formula is C16H13FN6O. The van der Waals surface area contributed by atoms with Gasteiger partial charge in [0.25, 0.3) is 5.91 Å². The van der Waals surface area contributed by atoms with Crippen LogP contribution in [0.1, 0.15) is 5.56 Å². The van der Waals surface area contributed by atoms with E-state index in [0.29, 0.717) is 11.4 Å². The first kappa shape index (κ1) is 15.5. The Kier molecular flexibility index (Phi) is 4.66. The van der Waals surface area contributed by atoms with Gasteiger partial charge in [0.15, 0.2) is 0 Å². The van der Waals surface area contributed by atoms with E-state index in [2.05, 4.69) is 25.9 Å². The van der Waals surface area contributed by atoms with Crippen LogP contribution in [0.3, 0.4) is 0 Å². The van der Waals surface area contributed by atoms with Crippen molar-refractivity contribution in [2.24, 2.45) is 5.10 Å². The Bertz CT molecular complexity index is 862. The third kappa shape index (κ3) is 4.07. The molecule has 0 saturated heterocycles. The number of nitrogens with zero attached hydrogens (tertiary/aromatic N) is 5. The minimum atomic E-state index is -0.417. The number of amides is 1. The van der Waals surface area contributed by atoms with Gasteiger partial charge in [0.1, 0.15) is 12.4 Å². The molecule has 0 aliphatic carbocycles. The molecule has 0 aliphatic heterocycles. The average Bonchev–Trinajstić information content (AvgIpc) is 3.04. The van der Waals surface area contributed by atoms with Gasteiger partial charge < -0.3 is 0 Å². The molecule has 0 saturated carbocycles. The van der Waals surface area contributed by atoms with Crippen molar-refractivity contribution in [2.75, 3.05) is 0 Å². The van der Waals surface area contributed by atoms with Crippen LogP contribution in [0, 0.1) is 5.82 Å². The van der Waals surface area contributed by atoms with Crippen LogP contribution in [0.2, 0.25) is 0 Å². The van der Waals surface area contributed by atoms with Crippen molar-refractivity contribution < 1.29 is 9.18 Å². The quantitative estimate of drug-likeness (QED) is 0.571. The van der Waals surface area contributed by atoms with E-state index in [9.17, 15) is 9.18 Å². The zero-order valence-electron chi connectivity index (χ0n) is 12.5. The molecule has 1 N–H and O–H groups in total. The van der Waals surface area contributed by atoms with E-state index in [1.807, 2.05) is 30.3 Å². The molecule has 24 heavy (non-hydrogen) atoms. The lowest BCUT2D eigenvalue weighted by atomic mass is 10.2. The van der Waals surface area contributed by atoms with E-state index in [-0.39, 0.29) is 12.4 Å². The second kappa shape index (κ2) is 7.23. The summed E-state index contributed by atoms with van der Waals surface area (Å²) >= 11 is 0. The summed E-state index contributed by atoms with van der Waals surface area (Å²) < 4.78 is 13.0. The lowest BCUT2D eigenvalue weighted by molar-refractivity contribution is -0.122. The van der Waals surface area contributed by atoms with E-state index in [1.54, 1.807) is 12.1 Å². The zero-order valence-corrected chi connectivity index (χ0v) is 12.5. The minimum Gasteiger partial charge on any atom is -0.271 e. The number of hydrogen-bond acceptors (Lipinski definition) is 5. The van der Waals surface area contributed by atoms with Gasteiger partial charge in [-0.2, -0.15) is 9.90 Å². The molecule has 3 aromatic rings. The van der Waals surface area contributed by atoms with Gasteiger partial charge in [-0.1, -0.05) is 42.5 Å². The highest BCUT2D eigenvalue weighted by atomic mass is 19.1. The number of carbonyl (C=O) groups is 1. The van der Waals surface area contributed by atoms with Gasteiger partial charge in [0.05, 0.1) is 6.21 Å². The van der Waals surface area contributed by atoms with Crippen molar-refractivity contribution in [1.82, 2.24) is 25.6 Å². The molecule has 0 radical (unpaired) electrons. The highest BCUT2D eigenvalue weighted by Gasteiger charge is 2.08. The van der Waals surface area contributed by atoms with Gasteiger partial charge in [0, 0.05) is 5.56 Å². The fourth-order valence-electron chi connectivity index (χ4n) is 1.94. The third-order valence-corrected chi connectivity index (χ3v) is 3.02. The maximum absolute atomic E-state index is 13.0. The van der Waals surface area contributed by atoms with Crippen LogP contribution >= 0.6 is 0 Å². The Morgan fingerprint density at radius 3 is 2.83 bits per heavy atom. The van der Waals surface area contributed by atoms with Crippen LogP contribution in [0.15, 0.2) is 59.7 Å². The number of halogens is 1. The van der Waals surface area contributed by atoms with E-state index >= 15 is 0 Å². The summed E-state index contributed by atoms with van der Waals surface area (Å²) in [4.78, 5) is 13.0. The van der Waals surface area contributed by atoms with Crippen LogP contribution in [-0.4, -0.2) is 32.3 Å². The van der Waals surface area contributed by atoms with E-state index in [0.717, 1.165) is 5.56 Å². The van der Waals surface area contributed by atoms with Gasteiger partial charge in [-0.3, -0.25) is 4.79 Å². The summed E-state index contributed by atoms with van der Waals surface area (Å²) in [6, 6.07) is 15.2. The first-order chi connectivity index (χ1) is 11.7. The monoisotopic (exact) mass is 324 g/mol. The first-order valence-electron chi connectivity index (χ1n) is 7.11. The topological polar surface area (TPSA) is 85.1 Å². The first-order valence-corrected chi connectivity index (χ1v) is 7.11. The summed E-state index contributed by atoms with van der Waals surface area (Å²) in [5.74, 6) is -0.350. The van der Waals surface area contributed by atoms with Crippen molar-refractivity contribution in [3.8, 4) is 11.4 Å². The highest BCUT2D eigenvalue weighted by molar-refractivity contribution is 5.82. The number of benzene rings is 2. The molecule has 1 aromatic heterocycles. The Morgan fingerprint density at radius 1 is 1.21 bits per heavy atom. The zero-order chi connectivity index (χ0) is 16.8. The Morgan fingerprint density at radius 2 is 2.04 bits per heavy atom. The predicted molar refractivity (Wildman–Crippen MR) is 85.4 cm³/mol. The second-order valence-electron chi connectivity index (χ2n) is 4.86. The van der Waals surface area contributed by atoms with Crippen LogP contribution in [0.4, 0.5) is 4.39 Å². The fraction of sp³-hybridized carbons (Fsp3) is 0.0625. The summed E-state index contributed by atoms with van der Waals surface area (Å²) in [7, 11) is 0. The number of hydrogen-bond donors (Lipinski definition) is 1. The molecule has 0 spiro atoms. The largest absolute Gasteiger partial charge is 0.271 e. The molecule has 1 heterocycles. The van der Waals surface area contributed by atoms with E-state index in [1.165, 1.54) is 23.1 Å². The SMILES string of the molecule is O=C(Cn1nnc(-c2ccccc2)n1)N/N=C\c1cccc(F)c1. The molecule has 0 atom stereocenters. The van der Waals surface area contributed by atoms with Crippen molar-refractivity contribution >= 4 is 12.1 Å². The predicted octanol–water partition coefficient (Wildman–Crippen LogP) is 1.63. The molecule has 0 unspecified atom stereocenters. The smallest absolute Gasteiger partial charge is 0.263 e. The number of hydrazone groups is 1. The summed E-state index contributed by atoms with van der Waals surface area (Å²) in [6.45, 7) is -0.125. The fourth-order valence-corrected chi connectivity index (χ4v) is 1.94. The number of aromatic nitrogens is 4. The molecule has 0 bridgehead atoms. The van der Waals surface area contributed by atoms with E-state index < -0.39 is 5.91 Å². The second-order valence-corrected chi connectivity index (χ2v) is 4.86. The molecule has 120 valence electrons. The van der Waals surface area contributed by atoms with Gasteiger partial charge in [-0.15, -0.1) is 10.2 Å². The standard InChI is InChI=1S/C16H13FN6O/c17-14-8-4-5-12(9-14)10-18-19-15(24)11-23-21-16(20-22-23)13-6-2-1-3-7-13/h1-10H,11H2,(H,19,24)/b18-10-. The number of nitrogens with one attached hydrogen (secondary N) is 1. The maximum atomic E-state index is 13.0. The van der Waals surface area contributed by atoms with Crippen LogP contribution < -0.4 is 5.43 Å². The molecular weight excluding hydrogens is 311 g/mol. The van der Waals surface area contributed by atoms with Crippen molar-refractivity contribution in [2.45, 2.75) is 6.54 Å².